The van der Waals surface area contributed by atoms with Crippen molar-refractivity contribution < 1.29 is 14.3 Å². The summed E-state index contributed by atoms with van der Waals surface area (Å²) in [7, 11) is 0. The number of amidine groups is 1. The summed E-state index contributed by atoms with van der Waals surface area (Å²) in [4.78, 5) is 37.1. The summed E-state index contributed by atoms with van der Waals surface area (Å²) in [6.07, 6.45) is 4.12. The number of amides is 1. The normalized spacial score (nSPS) is 16.8. The molecule has 1 atom stereocenters. The lowest BCUT2D eigenvalue weighted by atomic mass is 9.90. The average Bonchev–Trinajstić information content (AvgIpc) is 3.25. The lowest BCUT2D eigenvalue weighted by molar-refractivity contribution is -0.138. The van der Waals surface area contributed by atoms with Crippen molar-refractivity contribution in [3.05, 3.63) is 100 Å². The van der Waals surface area contributed by atoms with Gasteiger partial charge in [0, 0.05) is 30.6 Å². The molecule has 186 valence electrons. The van der Waals surface area contributed by atoms with E-state index in [0.29, 0.717) is 24.2 Å². The number of aromatic nitrogens is 1. The standard InChI is InChI=1S/C28H30N4O3S/c1-5-14-35-27(34)25-20(4)31-28-32(26(25)23-15-18(2)9-10-19(23)3)22(17-36-28)16-24(33)30-13-11-21-8-6-7-12-29-21/h5-10,12,15,17,26H,1,11,13-14,16H2,2-4H3,(H,30,33)/t26-/m0/s1. The fourth-order valence-electron chi connectivity index (χ4n) is 4.29. The van der Waals surface area contributed by atoms with E-state index in [2.05, 4.69) is 29.0 Å². The molecule has 1 N–H and O–H groups in total. The van der Waals surface area contributed by atoms with E-state index in [1.165, 1.54) is 11.8 Å². The molecular weight excluding hydrogens is 472 g/mol. The van der Waals surface area contributed by atoms with Gasteiger partial charge in [0.2, 0.25) is 5.91 Å². The molecule has 0 saturated heterocycles. The second kappa shape index (κ2) is 11.4. The number of benzene rings is 1. The van der Waals surface area contributed by atoms with Crippen LogP contribution >= 0.6 is 11.8 Å². The quantitative estimate of drug-likeness (QED) is 0.394. The molecule has 0 fully saturated rings. The van der Waals surface area contributed by atoms with Crippen molar-refractivity contribution in [1.82, 2.24) is 15.2 Å². The molecule has 4 rings (SSSR count). The Morgan fingerprint density at radius 2 is 2.06 bits per heavy atom. The first-order valence-corrected chi connectivity index (χ1v) is 12.7. The molecule has 2 aliphatic heterocycles. The van der Waals surface area contributed by atoms with Crippen LogP contribution in [0.2, 0.25) is 0 Å². The van der Waals surface area contributed by atoms with Crippen LogP contribution in [0.25, 0.3) is 0 Å². The Balaban J connectivity index is 1.59. The Morgan fingerprint density at radius 1 is 1.22 bits per heavy atom. The highest BCUT2D eigenvalue weighted by Crippen LogP contribution is 2.45. The van der Waals surface area contributed by atoms with Crippen LogP contribution in [-0.4, -0.2) is 40.1 Å². The number of fused-ring (bicyclic) bond motifs is 1. The minimum atomic E-state index is -0.447. The molecule has 7 nitrogen and oxygen atoms in total. The summed E-state index contributed by atoms with van der Waals surface area (Å²) in [6.45, 7) is 10.1. The Kier molecular flexibility index (Phi) is 8.05. The number of aryl methyl sites for hydroxylation is 2. The number of nitrogens with zero attached hydrogens (tertiary/aromatic N) is 3. The number of rotatable bonds is 9. The number of esters is 1. The van der Waals surface area contributed by atoms with Crippen LogP contribution in [-0.2, 0) is 20.7 Å². The summed E-state index contributed by atoms with van der Waals surface area (Å²) in [5.41, 5.74) is 5.92. The first-order valence-electron chi connectivity index (χ1n) is 11.8. The van der Waals surface area contributed by atoms with Gasteiger partial charge < -0.3 is 15.0 Å². The van der Waals surface area contributed by atoms with Gasteiger partial charge >= 0.3 is 5.97 Å². The fourth-order valence-corrected chi connectivity index (χ4v) is 5.26. The minimum absolute atomic E-state index is 0.0965. The van der Waals surface area contributed by atoms with E-state index in [-0.39, 0.29) is 18.9 Å². The number of allylic oxidation sites excluding steroid dienone is 1. The Hall–Kier alpha value is -3.65. The molecule has 1 amide bonds. The smallest absolute Gasteiger partial charge is 0.338 e. The van der Waals surface area contributed by atoms with Crippen LogP contribution in [0.4, 0.5) is 0 Å². The molecule has 0 unspecified atom stereocenters. The maximum Gasteiger partial charge on any atom is 0.338 e. The fraction of sp³-hybridized carbons (Fsp3) is 0.286. The second-order valence-electron chi connectivity index (χ2n) is 8.74. The van der Waals surface area contributed by atoms with Crippen LogP contribution in [0.5, 0.6) is 0 Å². The third-order valence-corrected chi connectivity index (χ3v) is 6.94. The van der Waals surface area contributed by atoms with Gasteiger partial charge in [-0.05, 0) is 49.4 Å². The predicted octanol–water partition coefficient (Wildman–Crippen LogP) is 4.75. The SMILES string of the molecule is C=CCOC(=O)C1=C(C)N=C2SC=C(CC(=O)NCCc3ccccn3)N2[C@H]1c1cc(C)ccc1C. The van der Waals surface area contributed by atoms with E-state index in [1.807, 2.05) is 55.3 Å². The van der Waals surface area contributed by atoms with E-state index in [1.54, 1.807) is 12.3 Å². The first-order chi connectivity index (χ1) is 17.4. The van der Waals surface area contributed by atoms with Crippen molar-refractivity contribution in [2.24, 2.45) is 4.99 Å². The number of carbonyl (C=O) groups is 2. The number of aliphatic imine (C=N–C) groups is 1. The Bertz CT molecular complexity index is 1270. The molecule has 3 heterocycles. The average molecular weight is 503 g/mol. The minimum Gasteiger partial charge on any atom is -0.458 e. The molecule has 2 aromatic rings. The maximum absolute atomic E-state index is 13.2. The zero-order valence-corrected chi connectivity index (χ0v) is 21.6. The Morgan fingerprint density at radius 3 is 2.81 bits per heavy atom. The van der Waals surface area contributed by atoms with Crippen LogP contribution in [0.1, 0.15) is 41.8 Å². The zero-order valence-electron chi connectivity index (χ0n) is 20.8. The molecule has 0 radical (unpaired) electrons. The topological polar surface area (TPSA) is 83.9 Å². The molecule has 0 spiro atoms. The number of pyridine rings is 1. The molecular formula is C28H30N4O3S. The molecule has 2 aliphatic rings. The third-order valence-electron chi connectivity index (χ3n) is 6.05. The first kappa shape index (κ1) is 25.4. The number of hydrogen-bond donors (Lipinski definition) is 1. The van der Waals surface area contributed by atoms with Crippen molar-refractivity contribution in [3.63, 3.8) is 0 Å². The van der Waals surface area contributed by atoms with Crippen molar-refractivity contribution in [2.75, 3.05) is 13.2 Å². The van der Waals surface area contributed by atoms with E-state index in [4.69, 9.17) is 9.73 Å². The van der Waals surface area contributed by atoms with Crippen LogP contribution in [0.15, 0.2) is 82.6 Å². The van der Waals surface area contributed by atoms with Gasteiger partial charge in [0.15, 0.2) is 5.17 Å². The molecule has 8 heteroatoms. The van der Waals surface area contributed by atoms with Crippen molar-refractivity contribution in [1.29, 1.82) is 0 Å². The van der Waals surface area contributed by atoms with Gasteiger partial charge in [-0.1, -0.05) is 54.2 Å². The third kappa shape index (κ3) is 5.60. The molecule has 36 heavy (non-hydrogen) atoms. The Labute approximate surface area is 216 Å². The summed E-state index contributed by atoms with van der Waals surface area (Å²) >= 11 is 1.46. The predicted molar refractivity (Wildman–Crippen MR) is 143 cm³/mol. The van der Waals surface area contributed by atoms with E-state index in [0.717, 1.165) is 33.2 Å². The summed E-state index contributed by atoms with van der Waals surface area (Å²) in [5.74, 6) is -0.530. The highest BCUT2D eigenvalue weighted by molar-refractivity contribution is 8.16. The summed E-state index contributed by atoms with van der Waals surface area (Å²) < 4.78 is 5.46. The van der Waals surface area contributed by atoms with Crippen LogP contribution in [0.3, 0.4) is 0 Å². The number of hydrogen-bond acceptors (Lipinski definition) is 7. The molecule has 1 aromatic heterocycles. The zero-order chi connectivity index (χ0) is 25.7. The van der Waals surface area contributed by atoms with E-state index < -0.39 is 12.0 Å². The maximum atomic E-state index is 13.2. The van der Waals surface area contributed by atoms with Crippen molar-refractivity contribution >= 4 is 28.8 Å². The van der Waals surface area contributed by atoms with Gasteiger partial charge in [0.25, 0.3) is 0 Å². The number of nitrogens with one attached hydrogen (secondary N) is 1. The highest BCUT2D eigenvalue weighted by atomic mass is 32.2. The lowest BCUT2D eigenvalue weighted by Crippen LogP contribution is -2.38. The van der Waals surface area contributed by atoms with Gasteiger partial charge in [0.1, 0.15) is 6.61 Å². The van der Waals surface area contributed by atoms with Gasteiger partial charge in [-0.25, -0.2) is 9.79 Å². The molecule has 0 bridgehead atoms. The van der Waals surface area contributed by atoms with Crippen molar-refractivity contribution in [2.45, 2.75) is 39.7 Å². The molecule has 1 aromatic carbocycles. The van der Waals surface area contributed by atoms with E-state index >= 15 is 0 Å². The van der Waals surface area contributed by atoms with Crippen LogP contribution in [0, 0.1) is 13.8 Å². The second-order valence-corrected chi connectivity index (χ2v) is 9.57. The summed E-state index contributed by atoms with van der Waals surface area (Å²) in [5, 5.41) is 5.68. The van der Waals surface area contributed by atoms with Gasteiger partial charge in [-0.15, -0.1) is 0 Å². The number of carbonyl (C=O) groups excluding carboxylic acids is 2. The molecule has 0 saturated carbocycles. The van der Waals surface area contributed by atoms with Crippen LogP contribution < -0.4 is 5.32 Å². The van der Waals surface area contributed by atoms with E-state index in [9.17, 15) is 9.59 Å². The van der Waals surface area contributed by atoms with Gasteiger partial charge in [-0.2, -0.15) is 0 Å². The summed E-state index contributed by atoms with van der Waals surface area (Å²) in [6, 6.07) is 11.5. The van der Waals surface area contributed by atoms with Gasteiger partial charge in [-0.3, -0.25) is 9.78 Å². The molecule has 0 aliphatic carbocycles. The van der Waals surface area contributed by atoms with Gasteiger partial charge in [0.05, 0.1) is 23.7 Å². The monoisotopic (exact) mass is 502 g/mol. The highest BCUT2D eigenvalue weighted by Gasteiger charge is 2.41. The lowest BCUT2D eigenvalue weighted by Gasteiger charge is -2.37. The largest absolute Gasteiger partial charge is 0.458 e. The number of thioether (sulfide) groups is 1. The van der Waals surface area contributed by atoms with Crippen molar-refractivity contribution in [3.8, 4) is 0 Å². The number of ether oxygens (including phenoxy) is 1.